The van der Waals surface area contributed by atoms with Gasteiger partial charge in [0.05, 0.1) is 6.04 Å². The van der Waals surface area contributed by atoms with E-state index >= 15 is 0 Å². The van der Waals surface area contributed by atoms with Gasteiger partial charge in [0.15, 0.2) is 0 Å². The third-order valence-electron chi connectivity index (χ3n) is 2.95. The Kier molecular flexibility index (Phi) is 7.60. The van der Waals surface area contributed by atoms with Crippen molar-refractivity contribution in [3.8, 4) is 0 Å². The Morgan fingerprint density at radius 1 is 1.16 bits per heavy atom. The van der Waals surface area contributed by atoms with Gasteiger partial charge in [0.25, 0.3) is 0 Å². The topological polar surface area (TPSA) is 44.4 Å². The van der Waals surface area contributed by atoms with Crippen LogP contribution in [0, 0.1) is 11.3 Å². The molecule has 114 valence electrons. The zero-order chi connectivity index (χ0) is 15.2. The number of rotatable bonds is 8. The highest BCUT2D eigenvalue weighted by atomic mass is 16.2. The van der Waals surface area contributed by atoms with Crippen LogP contribution in [0.25, 0.3) is 0 Å². The Bertz CT molecular complexity index is 273. The van der Waals surface area contributed by atoms with Crippen LogP contribution in [0.1, 0.15) is 41.5 Å². The monoisotopic (exact) mass is 271 g/mol. The fourth-order valence-corrected chi connectivity index (χ4v) is 2.28. The molecule has 0 aliphatic carbocycles. The molecule has 0 rings (SSSR count). The van der Waals surface area contributed by atoms with Gasteiger partial charge < -0.3 is 15.5 Å². The normalized spacial score (nSPS) is 14.3. The van der Waals surface area contributed by atoms with E-state index in [1.165, 1.54) is 0 Å². The Balaban J connectivity index is 4.41. The van der Waals surface area contributed by atoms with Crippen molar-refractivity contribution in [2.45, 2.75) is 53.6 Å². The van der Waals surface area contributed by atoms with Gasteiger partial charge in [0.2, 0.25) is 5.91 Å². The molecular weight excluding hydrogens is 238 g/mol. The number of hydrogen-bond donors (Lipinski definition) is 2. The van der Waals surface area contributed by atoms with Crippen molar-refractivity contribution in [2.75, 3.05) is 27.2 Å². The maximum absolute atomic E-state index is 12.3. The van der Waals surface area contributed by atoms with E-state index in [9.17, 15) is 4.79 Å². The largest absolute Gasteiger partial charge is 0.354 e. The van der Waals surface area contributed by atoms with E-state index in [1.807, 2.05) is 0 Å². The molecule has 0 saturated heterocycles. The van der Waals surface area contributed by atoms with E-state index in [1.54, 1.807) is 0 Å². The highest BCUT2D eigenvalue weighted by Gasteiger charge is 2.25. The van der Waals surface area contributed by atoms with Gasteiger partial charge in [0.1, 0.15) is 0 Å². The van der Waals surface area contributed by atoms with Crippen molar-refractivity contribution in [1.82, 2.24) is 15.5 Å². The SMILES string of the molecule is CC(C)NC(C(=O)NCC(C)(C)CN(C)C)C(C)C. The quantitative estimate of drug-likeness (QED) is 0.706. The number of carbonyl (C=O) groups excluding carboxylic acids is 1. The van der Waals surface area contributed by atoms with Gasteiger partial charge in [-0.1, -0.05) is 41.5 Å². The van der Waals surface area contributed by atoms with Crippen molar-refractivity contribution in [3.63, 3.8) is 0 Å². The molecule has 0 aromatic heterocycles. The Morgan fingerprint density at radius 2 is 1.68 bits per heavy atom. The molecule has 0 aromatic rings. The summed E-state index contributed by atoms with van der Waals surface area (Å²) in [6, 6.07) is 0.197. The van der Waals surface area contributed by atoms with Gasteiger partial charge in [0, 0.05) is 19.1 Å². The Labute approximate surface area is 119 Å². The molecule has 0 bridgehead atoms. The molecule has 2 N–H and O–H groups in total. The van der Waals surface area contributed by atoms with Crippen LogP contribution in [0.5, 0.6) is 0 Å². The van der Waals surface area contributed by atoms with Crippen molar-refractivity contribution in [1.29, 1.82) is 0 Å². The van der Waals surface area contributed by atoms with Gasteiger partial charge >= 0.3 is 0 Å². The third kappa shape index (κ3) is 8.22. The first kappa shape index (κ1) is 18.4. The van der Waals surface area contributed by atoms with Crippen molar-refractivity contribution < 1.29 is 4.79 Å². The zero-order valence-corrected chi connectivity index (χ0v) is 14.0. The van der Waals surface area contributed by atoms with Gasteiger partial charge in [-0.05, 0) is 25.4 Å². The number of hydrogen-bond acceptors (Lipinski definition) is 3. The standard InChI is InChI=1S/C15H33N3O/c1-11(2)13(17-12(3)4)14(19)16-9-15(5,6)10-18(7)8/h11-13,17H,9-10H2,1-8H3,(H,16,19). The fourth-order valence-electron chi connectivity index (χ4n) is 2.28. The molecule has 0 aromatic carbocycles. The fraction of sp³-hybridized carbons (Fsp3) is 0.933. The first-order chi connectivity index (χ1) is 8.55. The lowest BCUT2D eigenvalue weighted by molar-refractivity contribution is -0.124. The summed E-state index contributed by atoms with van der Waals surface area (Å²) in [5.74, 6) is 0.398. The van der Waals surface area contributed by atoms with E-state index in [2.05, 4.69) is 71.2 Å². The van der Waals surface area contributed by atoms with Crippen LogP contribution in [0.3, 0.4) is 0 Å². The minimum absolute atomic E-state index is 0.0819. The molecule has 0 aliphatic rings. The van der Waals surface area contributed by atoms with Gasteiger partial charge in [-0.2, -0.15) is 0 Å². The molecule has 4 heteroatoms. The summed E-state index contributed by atoms with van der Waals surface area (Å²) >= 11 is 0. The molecular formula is C15H33N3O. The average Bonchev–Trinajstić information content (AvgIpc) is 2.20. The highest BCUT2D eigenvalue weighted by molar-refractivity contribution is 5.82. The van der Waals surface area contributed by atoms with Crippen molar-refractivity contribution in [3.05, 3.63) is 0 Å². The Hall–Kier alpha value is -0.610. The molecule has 0 radical (unpaired) electrons. The summed E-state index contributed by atoms with van der Waals surface area (Å²) in [6.45, 7) is 14.3. The summed E-state index contributed by atoms with van der Waals surface area (Å²) in [5.41, 5.74) is 0.0819. The molecule has 19 heavy (non-hydrogen) atoms. The van der Waals surface area contributed by atoms with Crippen molar-refractivity contribution >= 4 is 5.91 Å². The first-order valence-corrected chi connectivity index (χ1v) is 7.23. The maximum atomic E-state index is 12.3. The minimum atomic E-state index is -0.116. The first-order valence-electron chi connectivity index (χ1n) is 7.23. The van der Waals surface area contributed by atoms with E-state index < -0.39 is 0 Å². The molecule has 1 amide bonds. The van der Waals surface area contributed by atoms with E-state index in [4.69, 9.17) is 0 Å². The highest BCUT2D eigenvalue weighted by Crippen LogP contribution is 2.14. The summed E-state index contributed by atoms with van der Waals surface area (Å²) < 4.78 is 0. The molecule has 0 heterocycles. The molecule has 1 unspecified atom stereocenters. The average molecular weight is 271 g/mol. The van der Waals surface area contributed by atoms with E-state index in [0.717, 1.165) is 6.54 Å². The second-order valence-corrected chi connectivity index (χ2v) is 7.16. The van der Waals surface area contributed by atoms with Crippen LogP contribution in [-0.4, -0.2) is 50.1 Å². The lowest BCUT2D eigenvalue weighted by Gasteiger charge is -2.30. The second-order valence-electron chi connectivity index (χ2n) is 7.16. The summed E-state index contributed by atoms with van der Waals surface area (Å²) in [4.78, 5) is 14.4. The molecule has 0 aliphatic heterocycles. The Morgan fingerprint density at radius 3 is 2.05 bits per heavy atom. The summed E-state index contributed by atoms with van der Waals surface area (Å²) in [7, 11) is 4.11. The minimum Gasteiger partial charge on any atom is -0.354 e. The van der Waals surface area contributed by atoms with Crippen LogP contribution >= 0.6 is 0 Å². The number of nitrogens with one attached hydrogen (secondary N) is 2. The maximum Gasteiger partial charge on any atom is 0.237 e. The summed E-state index contributed by atoms with van der Waals surface area (Å²) in [5, 5.41) is 6.42. The van der Waals surface area contributed by atoms with Gasteiger partial charge in [-0.25, -0.2) is 0 Å². The smallest absolute Gasteiger partial charge is 0.237 e. The predicted molar refractivity (Wildman–Crippen MR) is 82.2 cm³/mol. The summed E-state index contributed by atoms with van der Waals surface area (Å²) in [6.07, 6.45) is 0. The third-order valence-corrected chi connectivity index (χ3v) is 2.95. The zero-order valence-electron chi connectivity index (χ0n) is 14.0. The van der Waals surface area contributed by atoms with Crippen molar-refractivity contribution in [2.24, 2.45) is 11.3 Å². The molecule has 0 spiro atoms. The van der Waals surface area contributed by atoms with Gasteiger partial charge in [-0.15, -0.1) is 0 Å². The molecule has 1 atom stereocenters. The molecule has 0 fully saturated rings. The van der Waals surface area contributed by atoms with Crippen LogP contribution in [-0.2, 0) is 4.79 Å². The van der Waals surface area contributed by atoms with Crippen LogP contribution < -0.4 is 10.6 Å². The molecule has 4 nitrogen and oxygen atoms in total. The lowest BCUT2D eigenvalue weighted by atomic mass is 9.92. The van der Waals surface area contributed by atoms with Gasteiger partial charge in [-0.3, -0.25) is 4.79 Å². The van der Waals surface area contributed by atoms with Crippen LogP contribution in [0.4, 0.5) is 0 Å². The second kappa shape index (κ2) is 7.85. The lowest BCUT2D eigenvalue weighted by Crippen LogP contribution is -2.52. The number of carbonyl (C=O) groups is 1. The van der Waals surface area contributed by atoms with Crippen LogP contribution in [0.15, 0.2) is 0 Å². The van der Waals surface area contributed by atoms with E-state index in [-0.39, 0.29) is 17.4 Å². The van der Waals surface area contributed by atoms with E-state index in [0.29, 0.717) is 18.5 Å². The number of nitrogens with zero attached hydrogens (tertiary/aromatic N) is 1. The molecule has 0 saturated carbocycles. The van der Waals surface area contributed by atoms with Crippen LogP contribution in [0.2, 0.25) is 0 Å². The number of amides is 1. The predicted octanol–water partition coefficient (Wildman–Crippen LogP) is 1.71.